The van der Waals surface area contributed by atoms with Crippen LogP contribution in [-0.4, -0.2) is 30.5 Å². The van der Waals surface area contributed by atoms with Crippen LogP contribution in [0.25, 0.3) is 0 Å². The molecule has 0 aromatic rings. The molecular formula is C10H18O4. The number of hydrogen-bond acceptors (Lipinski definition) is 3. The maximum atomic E-state index is 11.1. The monoisotopic (exact) mass is 205 g/mol. The van der Waals surface area contributed by atoms with Gasteiger partial charge in [0.2, 0.25) is 0 Å². The Kier molecular flexibility index (Phi) is 1.92. The fourth-order valence-corrected chi connectivity index (χ4v) is 0.903. The van der Waals surface area contributed by atoms with Gasteiger partial charge in [0.15, 0.2) is 6.27 Å². The Hall–Kier alpha value is -0.610. The van der Waals surface area contributed by atoms with Crippen LogP contribution in [0.1, 0.15) is 31.8 Å². The van der Waals surface area contributed by atoms with Gasteiger partial charge in [-0.2, -0.15) is 0 Å². The van der Waals surface area contributed by atoms with Gasteiger partial charge in [0, 0.05) is 5.41 Å². The zero-order valence-electron chi connectivity index (χ0n) is 11.9. The molecule has 4 nitrogen and oxygen atoms in total. The molecule has 1 heterocycles. The predicted molar refractivity (Wildman–Crippen MR) is 50.9 cm³/mol. The Morgan fingerprint density at radius 1 is 1.64 bits per heavy atom. The zero-order chi connectivity index (χ0) is 13.7. The highest BCUT2D eigenvalue weighted by Crippen LogP contribution is 2.32. The minimum atomic E-state index is -2.47. The highest BCUT2D eigenvalue weighted by Gasteiger charge is 2.42. The van der Waals surface area contributed by atoms with Gasteiger partial charge in [-0.15, -0.1) is 0 Å². The summed E-state index contributed by atoms with van der Waals surface area (Å²) in [6.07, 6.45) is -1.90. The molecule has 1 N–H and O–H groups in total. The molecule has 2 atom stereocenters. The van der Waals surface area contributed by atoms with E-state index in [1.54, 1.807) is 20.8 Å². The number of carboxylic acids is 1. The molecule has 1 saturated heterocycles. The molecule has 0 aromatic heterocycles. The molecule has 82 valence electrons. The minimum Gasteiger partial charge on any atom is -0.481 e. The first-order valence-corrected chi connectivity index (χ1v) is 4.43. The van der Waals surface area contributed by atoms with Crippen LogP contribution in [0.5, 0.6) is 0 Å². The van der Waals surface area contributed by atoms with Gasteiger partial charge in [0.1, 0.15) is 5.41 Å². The third-order valence-electron chi connectivity index (χ3n) is 1.95. The summed E-state index contributed by atoms with van der Waals surface area (Å²) in [5.74, 6) is -1.35. The van der Waals surface area contributed by atoms with E-state index < -0.39 is 36.2 Å². The van der Waals surface area contributed by atoms with E-state index in [2.05, 4.69) is 0 Å². The summed E-state index contributed by atoms with van der Waals surface area (Å²) in [7, 11) is 0. The molecule has 0 spiro atoms. The summed E-state index contributed by atoms with van der Waals surface area (Å²) in [4.78, 5) is 11.1. The summed E-state index contributed by atoms with van der Waals surface area (Å²) in [6, 6.07) is 0. The third-order valence-corrected chi connectivity index (χ3v) is 1.95. The van der Waals surface area contributed by atoms with Crippen molar-refractivity contribution in [3.8, 4) is 0 Å². The smallest absolute Gasteiger partial charge is 0.314 e. The fourth-order valence-electron chi connectivity index (χ4n) is 0.903. The Labute approximate surface area is 88.4 Å². The van der Waals surface area contributed by atoms with Gasteiger partial charge in [-0.1, -0.05) is 20.8 Å². The van der Waals surface area contributed by atoms with Gasteiger partial charge in [0.05, 0.1) is 17.3 Å². The first kappa shape index (κ1) is 7.65. The van der Waals surface area contributed by atoms with E-state index in [1.165, 1.54) is 6.92 Å². The average Bonchev–Trinajstić information content (AvgIpc) is 2.09. The molecule has 2 unspecified atom stereocenters. The van der Waals surface area contributed by atoms with Crippen molar-refractivity contribution in [3.05, 3.63) is 0 Å². The van der Waals surface area contributed by atoms with Crippen LogP contribution in [0.15, 0.2) is 0 Å². The highest BCUT2D eigenvalue weighted by atomic mass is 16.7. The number of ether oxygens (including phenoxy) is 2. The van der Waals surface area contributed by atoms with Crippen LogP contribution < -0.4 is 0 Å². The Morgan fingerprint density at radius 2 is 2.21 bits per heavy atom. The summed E-state index contributed by atoms with van der Waals surface area (Å²) >= 11 is 0. The number of hydrogen-bond donors (Lipinski definition) is 1. The van der Waals surface area contributed by atoms with Crippen LogP contribution in [0.2, 0.25) is 0 Å². The number of aliphatic carboxylic acids is 1. The molecule has 0 saturated carbocycles. The van der Waals surface area contributed by atoms with Gasteiger partial charge < -0.3 is 14.6 Å². The summed E-state index contributed by atoms with van der Waals surface area (Å²) in [6.45, 7) is 3.33. The molecule has 0 aromatic carbocycles. The molecule has 0 amide bonds. The molecule has 0 aliphatic carbocycles. The highest BCUT2D eigenvalue weighted by molar-refractivity contribution is 5.74. The molecule has 14 heavy (non-hydrogen) atoms. The quantitative estimate of drug-likeness (QED) is 0.704. The van der Waals surface area contributed by atoms with Gasteiger partial charge in [-0.25, -0.2) is 0 Å². The van der Waals surface area contributed by atoms with Crippen LogP contribution in [0.3, 0.4) is 0 Å². The van der Waals surface area contributed by atoms with Crippen molar-refractivity contribution in [1.29, 1.82) is 0 Å². The topological polar surface area (TPSA) is 55.8 Å². The average molecular weight is 205 g/mol. The summed E-state index contributed by atoms with van der Waals surface area (Å²) in [5, 5.41) is 9.04. The summed E-state index contributed by atoms with van der Waals surface area (Å²) in [5.41, 5.74) is -2.61. The molecule has 1 aliphatic heterocycles. The van der Waals surface area contributed by atoms with E-state index in [0.717, 1.165) is 0 Å². The van der Waals surface area contributed by atoms with Crippen LogP contribution >= 0.6 is 0 Å². The second-order valence-electron chi connectivity index (χ2n) is 4.67. The first-order valence-electron chi connectivity index (χ1n) is 5.93. The molecule has 0 bridgehead atoms. The zero-order valence-corrected chi connectivity index (χ0v) is 8.88. The van der Waals surface area contributed by atoms with E-state index in [1.807, 2.05) is 0 Å². The van der Waals surface area contributed by atoms with Gasteiger partial charge >= 0.3 is 5.97 Å². The second-order valence-corrected chi connectivity index (χ2v) is 4.67. The SMILES string of the molecule is [2H]C1([2H])OC([2H])(C(C)(C)C)OCC1(C)C(=O)O. The molecule has 1 fully saturated rings. The van der Waals surface area contributed by atoms with Crippen molar-refractivity contribution in [2.45, 2.75) is 34.0 Å². The van der Waals surface area contributed by atoms with Gasteiger partial charge in [0.25, 0.3) is 0 Å². The van der Waals surface area contributed by atoms with E-state index in [9.17, 15) is 4.79 Å². The Balaban J connectivity index is 3.09. The van der Waals surface area contributed by atoms with Gasteiger partial charge in [-0.3, -0.25) is 4.79 Å². The lowest BCUT2D eigenvalue weighted by molar-refractivity contribution is -0.262. The third kappa shape index (κ3) is 2.25. The lowest BCUT2D eigenvalue weighted by Crippen LogP contribution is -2.48. The standard InChI is InChI=1S/C10H18O4/c1-9(2,3)8-13-5-10(4,6-14-8)7(11)12/h8H,5-6H2,1-4H3,(H,11,12)/i5D2,8D. The van der Waals surface area contributed by atoms with Crippen LogP contribution in [-0.2, 0) is 14.3 Å². The summed E-state index contributed by atoms with van der Waals surface area (Å²) < 4.78 is 33.6. The second kappa shape index (κ2) is 3.51. The number of carboxylic acid groups (broad SMARTS) is 1. The van der Waals surface area contributed by atoms with E-state index in [4.69, 9.17) is 18.7 Å². The molecule has 0 radical (unpaired) electrons. The van der Waals surface area contributed by atoms with Crippen LogP contribution in [0.4, 0.5) is 0 Å². The van der Waals surface area contributed by atoms with Crippen LogP contribution in [0, 0.1) is 10.8 Å². The van der Waals surface area contributed by atoms with Crippen molar-refractivity contribution in [3.63, 3.8) is 0 Å². The number of carbonyl (C=O) groups is 1. The largest absolute Gasteiger partial charge is 0.481 e. The maximum absolute atomic E-state index is 11.1. The van der Waals surface area contributed by atoms with Crippen molar-refractivity contribution < 1.29 is 23.5 Å². The molecule has 1 rings (SSSR count). The Morgan fingerprint density at radius 3 is 2.57 bits per heavy atom. The maximum Gasteiger partial charge on any atom is 0.314 e. The van der Waals surface area contributed by atoms with Crippen molar-refractivity contribution in [2.75, 3.05) is 13.2 Å². The fraction of sp³-hybridized carbons (Fsp3) is 0.900. The lowest BCUT2D eigenvalue weighted by atomic mass is 9.90. The molecule has 1 aliphatic rings. The lowest BCUT2D eigenvalue weighted by Gasteiger charge is -2.39. The van der Waals surface area contributed by atoms with E-state index in [0.29, 0.717) is 0 Å². The van der Waals surface area contributed by atoms with Crippen molar-refractivity contribution >= 4 is 5.97 Å². The molecule has 4 heteroatoms. The van der Waals surface area contributed by atoms with Crippen molar-refractivity contribution in [2.24, 2.45) is 10.8 Å². The predicted octanol–water partition coefficient (Wildman–Crippen LogP) is 1.50. The first-order chi connectivity index (χ1) is 7.36. The van der Waals surface area contributed by atoms with Crippen molar-refractivity contribution in [1.82, 2.24) is 0 Å². The number of rotatable bonds is 1. The Bertz CT molecular complexity index is 339. The molecular weight excluding hydrogens is 184 g/mol. The minimum absolute atomic E-state index is 0.407. The van der Waals surface area contributed by atoms with E-state index in [-0.39, 0.29) is 0 Å². The normalized spacial score (nSPS) is 46.1. The van der Waals surface area contributed by atoms with E-state index >= 15 is 0 Å². The van der Waals surface area contributed by atoms with Gasteiger partial charge in [-0.05, 0) is 6.92 Å².